The predicted molar refractivity (Wildman–Crippen MR) is 87.7 cm³/mol. The minimum Gasteiger partial charge on any atom is -0.339 e. The van der Waals surface area contributed by atoms with Gasteiger partial charge in [-0.2, -0.15) is 0 Å². The molecule has 1 unspecified atom stereocenters. The molecule has 0 aromatic heterocycles. The Kier molecular flexibility index (Phi) is 6.77. The molecular weight excluding hydrogens is 306 g/mol. The number of carbonyl (C=O) groups is 1. The highest BCUT2D eigenvalue weighted by Crippen LogP contribution is 2.21. The zero-order valence-corrected chi connectivity index (χ0v) is 13.7. The van der Waals surface area contributed by atoms with Crippen molar-refractivity contribution in [1.29, 1.82) is 0 Å². The van der Waals surface area contributed by atoms with Gasteiger partial charge in [-0.05, 0) is 45.3 Å². The van der Waals surface area contributed by atoms with E-state index >= 15 is 0 Å². The molecule has 1 amide bonds. The number of hydrogen-bond acceptors (Lipinski definition) is 4. The van der Waals surface area contributed by atoms with Gasteiger partial charge >= 0.3 is 0 Å². The molecule has 6 nitrogen and oxygen atoms in total. The number of aryl methyl sites for hydroxylation is 1. The van der Waals surface area contributed by atoms with E-state index in [1.54, 1.807) is 31.0 Å². The van der Waals surface area contributed by atoms with E-state index < -0.39 is 4.92 Å². The average Bonchev–Trinajstić information content (AvgIpc) is 2.75. The van der Waals surface area contributed by atoms with E-state index in [-0.39, 0.29) is 30.0 Å². The number of nitrogens with zero attached hydrogens (tertiary/aromatic N) is 2. The lowest BCUT2D eigenvalue weighted by molar-refractivity contribution is -0.385. The molecule has 0 bridgehead atoms. The van der Waals surface area contributed by atoms with Crippen LogP contribution in [0.4, 0.5) is 5.69 Å². The number of benzene rings is 1. The van der Waals surface area contributed by atoms with Crippen molar-refractivity contribution >= 4 is 24.0 Å². The molecule has 1 aromatic carbocycles. The number of carbonyl (C=O) groups excluding carboxylic acids is 1. The summed E-state index contributed by atoms with van der Waals surface area (Å²) in [6, 6.07) is 4.86. The van der Waals surface area contributed by atoms with Gasteiger partial charge in [0.1, 0.15) is 0 Å². The van der Waals surface area contributed by atoms with Gasteiger partial charge in [-0.15, -0.1) is 12.4 Å². The van der Waals surface area contributed by atoms with Crippen molar-refractivity contribution in [3.05, 3.63) is 39.4 Å². The van der Waals surface area contributed by atoms with Crippen molar-refractivity contribution in [2.24, 2.45) is 0 Å². The van der Waals surface area contributed by atoms with Crippen molar-refractivity contribution < 1.29 is 9.72 Å². The largest absolute Gasteiger partial charge is 0.339 e. The highest BCUT2D eigenvalue weighted by atomic mass is 35.5. The molecule has 0 aliphatic carbocycles. The molecule has 122 valence electrons. The summed E-state index contributed by atoms with van der Waals surface area (Å²) in [6.07, 6.45) is 2.91. The van der Waals surface area contributed by atoms with Crippen LogP contribution in [0.25, 0.3) is 0 Å². The summed E-state index contributed by atoms with van der Waals surface area (Å²) >= 11 is 0. The number of nitrogens with one attached hydrogen (secondary N) is 1. The molecule has 0 saturated carbocycles. The van der Waals surface area contributed by atoms with Crippen molar-refractivity contribution in [1.82, 2.24) is 10.2 Å². The Morgan fingerprint density at radius 1 is 1.36 bits per heavy atom. The van der Waals surface area contributed by atoms with Gasteiger partial charge in [0.2, 0.25) is 0 Å². The maximum absolute atomic E-state index is 12.5. The maximum Gasteiger partial charge on any atom is 0.273 e. The molecule has 1 aromatic rings. The molecule has 1 N–H and O–H groups in total. The zero-order chi connectivity index (χ0) is 15.4. The van der Waals surface area contributed by atoms with Crippen LogP contribution in [-0.4, -0.2) is 41.9 Å². The number of halogens is 1. The van der Waals surface area contributed by atoms with Crippen LogP contribution in [0.15, 0.2) is 18.2 Å². The molecule has 1 heterocycles. The van der Waals surface area contributed by atoms with E-state index in [9.17, 15) is 14.9 Å². The number of amides is 1. The second-order valence-corrected chi connectivity index (χ2v) is 5.51. The van der Waals surface area contributed by atoms with Crippen LogP contribution in [0.3, 0.4) is 0 Å². The molecule has 1 aliphatic heterocycles. The van der Waals surface area contributed by atoms with Crippen LogP contribution < -0.4 is 5.32 Å². The minimum absolute atomic E-state index is 0. The zero-order valence-electron chi connectivity index (χ0n) is 12.9. The third kappa shape index (κ3) is 4.18. The third-order valence-corrected chi connectivity index (χ3v) is 4.07. The van der Waals surface area contributed by atoms with Gasteiger partial charge < -0.3 is 10.2 Å². The van der Waals surface area contributed by atoms with Crippen molar-refractivity contribution in [2.45, 2.75) is 32.2 Å². The Hall–Kier alpha value is -1.66. The van der Waals surface area contributed by atoms with Crippen molar-refractivity contribution in [3.8, 4) is 0 Å². The Bertz CT molecular complexity index is 543. The van der Waals surface area contributed by atoms with E-state index in [2.05, 4.69) is 5.32 Å². The summed E-state index contributed by atoms with van der Waals surface area (Å²) in [6.45, 7) is 3.55. The first-order valence-corrected chi connectivity index (χ1v) is 7.23. The lowest BCUT2D eigenvalue weighted by Gasteiger charge is -2.27. The summed E-state index contributed by atoms with van der Waals surface area (Å²) in [5.41, 5.74) is 0.946. The highest BCUT2D eigenvalue weighted by molar-refractivity contribution is 5.95. The Morgan fingerprint density at radius 3 is 2.77 bits per heavy atom. The van der Waals surface area contributed by atoms with Crippen molar-refractivity contribution in [2.75, 3.05) is 20.1 Å². The second-order valence-electron chi connectivity index (χ2n) is 5.51. The Labute approximate surface area is 136 Å². The first-order valence-electron chi connectivity index (χ1n) is 7.23. The number of rotatable bonds is 3. The Balaban J connectivity index is 0.00000242. The first kappa shape index (κ1) is 18.4. The number of nitro benzene ring substituents is 1. The van der Waals surface area contributed by atoms with Crippen LogP contribution >= 0.6 is 12.4 Å². The van der Waals surface area contributed by atoms with E-state index in [1.165, 1.54) is 6.07 Å². The summed E-state index contributed by atoms with van der Waals surface area (Å²) in [5.74, 6) is -0.148. The van der Waals surface area contributed by atoms with Crippen LogP contribution in [0.1, 0.15) is 35.2 Å². The van der Waals surface area contributed by atoms with Crippen LogP contribution in [0.5, 0.6) is 0 Å². The normalized spacial score (nSPS) is 18.0. The summed E-state index contributed by atoms with van der Waals surface area (Å²) < 4.78 is 0. The lowest BCUT2D eigenvalue weighted by Crippen LogP contribution is -2.37. The van der Waals surface area contributed by atoms with Gasteiger partial charge in [0.15, 0.2) is 0 Å². The van der Waals surface area contributed by atoms with E-state index in [1.807, 2.05) is 0 Å². The summed E-state index contributed by atoms with van der Waals surface area (Å²) in [5, 5.41) is 14.3. The smallest absolute Gasteiger partial charge is 0.273 e. The average molecular weight is 328 g/mol. The maximum atomic E-state index is 12.5. The van der Waals surface area contributed by atoms with Gasteiger partial charge in [-0.1, -0.05) is 6.07 Å². The molecule has 1 atom stereocenters. The fourth-order valence-corrected chi connectivity index (χ4v) is 2.70. The monoisotopic (exact) mass is 327 g/mol. The van der Waals surface area contributed by atoms with Crippen LogP contribution in [0, 0.1) is 17.0 Å². The van der Waals surface area contributed by atoms with E-state index in [0.29, 0.717) is 11.1 Å². The fourth-order valence-electron chi connectivity index (χ4n) is 2.70. The molecular formula is C15H22ClN3O3. The molecule has 0 spiro atoms. The van der Waals surface area contributed by atoms with Gasteiger partial charge in [-0.3, -0.25) is 14.9 Å². The first-order chi connectivity index (χ1) is 10.0. The lowest BCUT2D eigenvalue weighted by atomic mass is 10.1. The van der Waals surface area contributed by atoms with Crippen molar-refractivity contribution in [3.63, 3.8) is 0 Å². The molecule has 2 rings (SSSR count). The van der Waals surface area contributed by atoms with Crippen LogP contribution in [0.2, 0.25) is 0 Å². The SMILES string of the molecule is Cc1ccc(C(=O)N(C)C2CCCNCC2)cc1[N+](=O)[O-].Cl. The van der Waals surface area contributed by atoms with Gasteiger partial charge in [-0.25, -0.2) is 0 Å². The predicted octanol–water partition coefficient (Wildman–Crippen LogP) is 2.54. The molecule has 7 heteroatoms. The third-order valence-electron chi connectivity index (χ3n) is 4.07. The minimum atomic E-state index is -0.443. The standard InChI is InChI=1S/C15H21N3O3.ClH/c1-11-5-6-12(10-14(11)18(20)21)15(19)17(2)13-4-3-8-16-9-7-13;/h5-6,10,13,16H,3-4,7-9H2,1-2H3;1H. The van der Waals surface area contributed by atoms with Gasteiger partial charge in [0.25, 0.3) is 11.6 Å². The summed E-state index contributed by atoms with van der Waals surface area (Å²) in [7, 11) is 1.78. The number of nitro groups is 1. The molecule has 0 radical (unpaired) electrons. The Morgan fingerprint density at radius 2 is 2.09 bits per heavy atom. The fraction of sp³-hybridized carbons (Fsp3) is 0.533. The second kappa shape index (κ2) is 8.10. The molecule has 1 fully saturated rings. The van der Waals surface area contributed by atoms with Gasteiger partial charge in [0.05, 0.1) is 4.92 Å². The molecule has 1 saturated heterocycles. The van der Waals surface area contributed by atoms with E-state index in [0.717, 1.165) is 32.4 Å². The summed E-state index contributed by atoms with van der Waals surface area (Å²) in [4.78, 5) is 24.8. The van der Waals surface area contributed by atoms with Crippen LogP contribution in [-0.2, 0) is 0 Å². The van der Waals surface area contributed by atoms with Gasteiger partial charge in [0, 0.05) is 30.3 Å². The quantitative estimate of drug-likeness (QED) is 0.683. The molecule has 1 aliphatic rings. The number of hydrogen-bond donors (Lipinski definition) is 1. The molecule has 22 heavy (non-hydrogen) atoms. The van der Waals surface area contributed by atoms with E-state index in [4.69, 9.17) is 0 Å². The topological polar surface area (TPSA) is 75.5 Å². The highest BCUT2D eigenvalue weighted by Gasteiger charge is 2.23.